The van der Waals surface area contributed by atoms with Gasteiger partial charge in [-0.15, -0.1) is 0 Å². The molecular formula is C12H17NO5S. The first-order chi connectivity index (χ1) is 8.70. The van der Waals surface area contributed by atoms with Crippen LogP contribution < -0.4 is 0 Å². The molecule has 0 spiro atoms. The number of benzene rings is 1. The van der Waals surface area contributed by atoms with Crippen LogP contribution in [-0.2, 0) is 9.84 Å². The number of sulfone groups is 1. The second-order valence-electron chi connectivity index (χ2n) is 4.49. The summed E-state index contributed by atoms with van der Waals surface area (Å²) < 4.78 is 23.2. The van der Waals surface area contributed by atoms with E-state index in [9.17, 15) is 23.6 Å². The standard InChI is InChI=1S/C12H17NO5S/c1-4-10(14)8(2)9-6-5-7-11(19(3,17)18)12(9)13(15)16/h5-8,10,14H,4H2,1-3H3. The molecule has 0 aliphatic rings. The molecule has 0 aromatic heterocycles. The van der Waals surface area contributed by atoms with Gasteiger partial charge >= 0.3 is 0 Å². The van der Waals surface area contributed by atoms with Gasteiger partial charge in [-0.05, 0) is 12.5 Å². The number of hydrogen-bond acceptors (Lipinski definition) is 5. The summed E-state index contributed by atoms with van der Waals surface area (Å²) in [7, 11) is -3.69. The van der Waals surface area contributed by atoms with Crippen LogP contribution >= 0.6 is 0 Å². The predicted molar refractivity (Wildman–Crippen MR) is 70.9 cm³/mol. The van der Waals surface area contributed by atoms with Crippen molar-refractivity contribution in [3.63, 3.8) is 0 Å². The lowest BCUT2D eigenvalue weighted by Gasteiger charge is -2.18. The number of para-hydroxylation sites is 1. The van der Waals surface area contributed by atoms with Gasteiger partial charge in [0.2, 0.25) is 0 Å². The van der Waals surface area contributed by atoms with Gasteiger partial charge in [-0.25, -0.2) is 8.42 Å². The fourth-order valence-corrected chi connectivity index (χ4v) is 2.83. The molecule has 2 unspecified atom stereocenters. The Balaban J connectivity index is 3.54. The van der Waals surface area contributed by atoms with E-state index < -0.39 is 32.5 Å². The molecule has 19 heavy (non-hydrogen) atoms. The van der Waals surface area contributed by atoms with Gasteiger partial charge in [0, 0.05) is 17.7 Å². The van der Waals surface area contributed by atoms with Gasteiger partial charge in [0.15, 0.2) is 9.84 Å². The summed E-state index contributed by atoms with van der Waals surface area (Å²) in [5.41, 5.74) is -0.202. The Kier molecular flexibility index (Phi) is 4.65. The lowest BCUT2D eigenvalue weighted by molar-refractivity contribution is -0.388. The van der Waals surface area contributed by atoms with E-state index in [4.69, 9.17) is 0 Å². The monoisotopic (exact) mass is 287 g/mol. The van der Waals surface area contributed by atoms with E-state index in [0.717, 1.165) is 6.26 Å². The van der Waals surface area contributed by atoms with Crippen LogP contribution in [0.2, 0.25) is 0 Å². The fourth-order valence-electron chi connectivity index (χ4n) is 1.96. The molecular weight excluding hydrogens is 270 g/mol. The van der Waals surface area contributed by atoms with Crippen molar-refractivity contribution < 1.29 is 18.4 Å². The third-order valence-electron chi connectivity index (χ3n) is 3.10. The van der Waals surface area contributed by atoms with E-state index >= 15 is 0 Å². The third kappa shape index (κ3) is 3.30. The lowest BCUT2D eigenvalue weighted by atomic mass is 9.92. The molecule has 0 heterocycles. The van der Waals surface area contributed by atoms with Crippen LogP contribution in [0, 0.1) is 10.1 Å². The molecule has 1 aromatic rings. The Hall–Kier alpha value is -1.47. The summed E-state index contributed by atoms with van der Waals surface area (Å²) in [5.74, 6) is -0.507. The summed E-state index contributed by atoms with van der Waals surface area (Å²) in [6.07, 6.45) is 0.607. The SMILES string of the molecule is CCC(O)C(C)c1cccc(S(C)(=O)=O)c1[N+](=O)[O-]. The Morgan fingerprint density at radius 3 is 2.42 bits per heavy atom. The first kappa shape index (κ1) is 15.6. The molecule has 6 nitrogen and oxygen atoms in total. The number of aliphatic hydroxyl groups excluding tert-OH is 1. The van der Waals surface area contributed by atoms with Crippen LogP contribution in [-0.4, -0.2) is 30.8 Å². The maximum atomic E-state index is 11.6. The zero-order valence-electron chi connectivity index (χ0n) is 11.0. The Bertz CT molecular complexity index is 582. The van der Waals surface area contributed by atoms with Gasteiger partial charge in [-0.3, -0.25) is 10.1 Å². The maximum absolute atomic E-state index is 11.6. The number of hydrogen-bond donors (Lipinski definition) is 1. The minimum absolute atomic E-state index is 0.238. The second-order valence-corrected chi connectivity index (χ2v) is 6.47. The molecule has 7 heteroatoms. The van der Waals surface area contributed by atoms with Crippen molar-refractivity contribution >= 4 is 15.5 Å². The first-order valence-electron chi connectivity index (χ1n) is 5.85. The predicted octanol–water partition coefficient (Wildman–Crippen LogP) is 1.87. The Labute approximate surface area is 112 Å². The average Bonchev–Trinajstić information content (AvgIpc) is 2.34. The van der Waals surface area contributed by atoms with Gasteiger partial charge in [0.25, 0.3) is 5.69 Å². The summed E-state index contributed by atoms with van der Waals surface area (Å²) >= 11 is 0. The summed E-state index contributed by atoms with van der Waals surface area (Å²) in [5, 5.41) is 21.0. The zero-order chi connectivity index (χ0) is 14.8. The quantitative estimate of drug-likeness (QED) is 0.658. The highest BCUT2D eigenvalue weighted by atomic mass is 32.2. The van der Waals surface area contributed by atoms with Crippen LogP contribution in [0.4, 0.5) is 5.69 Å². The number of nitro benzene ring substituents is 1. The van der Waals surface area contributed by atoms with E-state index in [1.165, 1.54) is 18.2 Å². The second kappa shape index (κ2) is 5.66. The maximum Gasteiger partial charge on any atom is 0.291 e. The molecule has 0 fully saturated rings. The molecule has 0 bridgehead atoms. The van der Waals surface area contributed by atoms with Crippen molar-refractivity contribution in [2.24, 2.45) is 0 Å². The molecule has 1 aromatic carbocycles. The average molecular weight is 287 g/mol. The first-order valence-corrected chi connectivity index (χ1v) is 7.74. The molecule has 0 saturated carbocycles. The molecule has 106 valence electrons. The van der Waals surface area contributed by atoms with E-state index in [2.05, 4.69) is 0 Å². The van der Waals surface area contributed by atoms with Crippen LogP contribution in [0.3, 0.4) is 0 Å². The number of aliphatic hydroxyl groups is 1. The van der Waals surface area contributed by atoms with Gasteiger partial charge in [-0.1, -0.05) is 26.0 Å². The highest BCUT2D eigenvalue weighted by Crippen LogP contribution is 2.34. The third-order valence-corrected chi connectivity index (χ3v) is 4.23. The smallest absolute Gasteiger partial charge is 0.291 e. The topological polar surface area (TPSA) is 97.5 Å². The van der Waals surface area contributed by atoms with E-state index in [0.29, 0.717) is 6.42 Å². The number of nitrogens with zero attached hydrogens (tertiary/aromatic N) is 1. The van der Waals surface area contributed by atoms with Gasteiger partial charge < -0.3 is 5.11 Å². The van der Waals surface area contributed by atoms with E-state index in [-0.39, 0.29) is 10.5 Å². The molecule has 0 aliphatic carbocycles. The Morgan fingerprint density at radius 1 is 1.42 bits per heavy atom. The van der Waals surface area contributed by atoms with Crippen LogP contribution in [0.1, 0.15) is 31.7 Å². The van der Waals surface area contributed by atoms with Gasteiger partial charge in [-0.2, -0.15) is 0 Å². The molecule has 0 radical (unpaired) electrons. The highest BCUT2D eigenvalue weighted by Gasteiger charge is 2.30. The van der Waals surface area contributed by atoms with Crippen molar-refractivity contribution in [1.29, 1.82) is 0 Å². The fraction of sp³-hybridized carbons (Fsp3) is 0.500. The summed E-state index contributed by atoms with van der Waals surface area (Å²) in [6, 6.07) is 4.15. The molecule has 0 amide bonds. The minimum Gasteiger partial charge on any atom is -0.393 e. The van der Waals surface area contributed by atoms with Crippen LogP contribution in [0.15, 0.2) is 23.1 Å². The molecule has 0 aliphatic heterocycles. The van der Waals surface area contributed by atoms with Gasteiger partial charge in [0.05, 0.1) is 11.0 Å². The van der Waals surface area contributed by atoms with Crippen molar-refractivity contribution in [1.82, 2.24) is 0 Å². The zero-order valence-corrected chi connectivity index (χ0v) is 11.8. The molecule has 1 N–H and O–H groups in total. The van der Waals surface area contributed by atoms with E-state index in [1.54, 1.807) is 13.8 Å². The van der Waals surface area contributed by atoms with Crippen LogP contribution in [0.5, 0.6) is 0 Å². The molecule has 2 atom stereocenters. The lowest BCUT2D eigenvalue weighted by Crippen LogP contribution is -2.17. The molecule has 0 saturated heterocycles. The highest BCUT2D eigenvalue weighted by molar-refractivity contribution is 7.90. The van der Waals surface area contributed by atoms with Crippen molar-refractivity contribution in [2.75, 3.05) is 6.26 Å². The van der Waals surface area contributed by atoms with Crippen molar-refractivity contribution in [3.8, 4) is 0 Å². The normalized spacial score (nSPS) is 14.9. The Morgan fingerprint density at radius 2 is 2.00 bits per heavy atom. The summed E-state index contributed by atoms with van der Waals surface area (Å²) in [4.78, 5) is 10.1. The molecule has 1 rings (SSSR count). The number of nitro groups is 1. The van der Waals surface area contributed by atoms with E-state index in [1.807, 2.05) is 0 Å². The minimum atomic E-state index is -3.69. The van der Waals surface area contributed by atoms with Gasteiger partial charge in [0.1, 0.15) is 4.90 Å². The largest absolute Gasteiger partial charge is 0.393 e. The number of rotatable bonds is 5. The van der Waals surface area contributed by atoms with Crippen LogP contribution in [0.25, 0.3) is 0 Å². The van der Waals surface area contributed by atoms with Crippen molar-refractivity contribution in [2.45, 2.75) is 37.2 Å². The summed E-state index contributed by atoms with van der Waals surface area (Å²) in [6.45, 7) is 3.40. The van der Waals surface area contributed by atoms with Crippen molar-refractivity contribution in [3.05, 3.63) is 33.9 Å².